The average Bonchev–Trinajstić information content (AvgIpc) is 2.71. The Morgan fingerprint density at radius 1 is 1.23 bits per heavy atom. The van der Waals surface area contributed by atoms with Gasteiger partial charge in [-0.25, -0.2) is 0 Å². The first-order chi connectivity index (χ1) is 14.6. The summed E-state index contributed by atoms with van der Waals surface area (Å²) >= 11 is 6.16. The molecule has 0 spiro atoms. The van der Waals surface area contributed by atoms with E-state index in [9.17, 15) is 22.8 Å². The number of benzene rings is 2. The number of hydrogen-bond acceptors (Lipinski definition) is 4. The highest BCUT2D eigenvalue weighted by atomic mass is 35.5. The Bertz CT molecular complexity index is 951. The van der Waals surface area contributed by atoms with Crippen molar-refractivity contribution in [3.8, 4) is 11.5 Å². The van der Waals surface area contributed by atoms with Crippen molar-refractivity contribution in [3.05, 3.63) is 58.1 Å². The van der Waals surface area contributed by atoms with Crippen LogP contribution in [0.4, 0.5) is 13.2 Å². The molecule has 0 bridgehead atoms. The van der Waals surface area contributed by atoms with Crippen LogP contribution in [0, 0.1) is 0 Å². The van der Waals surface area contributed by atoms with Crippen LogP contribution in [0.1, 0.15) is 47.3 Å². The first-order valence-corrected chi connectivity index (χ1v) is 9.71. The Morgan fingerprint density at radius 2 is 1.94 bits per heavy atom. The summed E-state index contributed by atoms with van der Waals surface area (Å²) in [5, 5.41) is 2.75. The SMILES string of the molecule is CCC[C@H](NC(=O)c1cc(Cl)c(OCC(N)=O)c(OC)c1)c1cccc(C(F)(F)F)c1. The molecule has 0 aromatic heterocycles. The molecule has 10 heteroatoms. The van der Waals surface area contributed by atoms with E-state index in [-0.39, 0.29) is 22.1 Å². The van der Waals surface area contributed by atoms with E-state index in [0.717, 1.165) is 12.1 Å². The molecular formula is C21H22ClF3N2O4. The van der Waals surface area contributed by atoms with Gasteiger partial charge in [-0.15, -0.1) is 0 Å². The van der Waals surface area contributed by atoms with Crippen LogP contribution in [0.25, 0.3) is 0 Å². The van der Waals surface area contributed by atoms with Crippen LogP contribution in [0.2, 0.25) is 5.02 Å². The number of amides is 2. The quantitative estimate of drug-likeness (QED) is 0.578. The van der Waals surface area contributed by atoms with Gasteiger partial charge in [-0.3, -0.25) is 9.59 Å². The van der Waals surface area contributed by atoms with E-state index in [1.54, 1.807) is 0 Å². The van der Waals surface area contributed by atoms with Crippen LogP contribution in [0.15, 0.2) is 36.4 Å². The zero-order valence-electron chi connectivity index (χ0n) is 16.9. The summed E-state index contributed by atoms with van der Waals surface area (Å²) in [4.78, 5) is 23.8. The second-order valence-electron chi connectivity index (χ2n) is 6.68. The summed E-state index contributed by atoms with van der Waals surface area (Å²) in [5.74, 6) is -1.13. The van der Waals surface area contributed by atoms with Crippen molar-refractivity contribution in [3.63, 3.8) is 0 Å². The van der Waals surface area contributed by atoms with Gasteiger partial charge in [0.1, 0.15) is 0 Å². The average molecular weight is 459 g/mol. The number of halogens is 4. The van der Waals surface area contributed by atoms with E-state index in [4.69, 9.17) is 26.8 Å². The molecule has 1 atom stereocenters. The number of primary amides is 1. The third kappa shape index (κ3) is 6.52. The lowest BCUT2D eigenvalue weighted by molar-refractivity contribution is -0.137. The van der Waals surface area contributed by atoms with Gasteiger partial charge in [-0.2, -0.15) is 13.2 Å². The van der Waals surface area contributed by atoms with Crippen molar-refractivity contribution < 1.29 is 32.2 Å². The largest absolute Gasteiger partial charge is 0.493 e. The van der Waals surface area contributed by atoms with Crippen molar-refractivity contribution in [1.29, 1.82) is 0 Å². The number of carbonyl (C=O) groups excluding carboxylic acids is 2. The molecule has 3 N–H and O–H groups in total. The molecule has 0 saturated carbocycles. The van der Waals surface area contributed by atoms with E-state index in [0.29, 0.717) is 18.4 Å². The summed E-state index contributed by atoms with van der Waals surface area (Å²) in [6.45, 7) is 1.42. The standard InChI is InChI=1S/C21H22ClF3N2O4/c1-3-5-16(12-6-4-7-14(8-12)21(23,24)25)27-20(29)13-9-15(22)19(17(10-13)30-2)31-11-18(26)28/h4,6-10,16H,3,5,11H2,1-2H3,(H2,26,28)(H,27,29)/t16-/m0/s1. The first-order valence-electron chi connectivity index (χ1n) is 9.33. The lowest BCUT2D eigenvalue weighted by Gasteiger charge is -2.20. The summed E-state index contributed by atoms with van der Waals surface area (Å²) in [6, 6.07) is 6.86. The molecule has 2 aromatic rings. The highest BCUT2D eigenvalue weighted by molar-refractivity contribution is 6.32. The zero-order valence-corrected chi connectivity index (χ0v) is 17.6. The second-order valence-corrected chi connectivity index (χ2v) is 7.09. The molecule has 0 radical (unpaired) electrons. The number of ether oxygens (including phenoxy) is 2. The van der Waals surface area contributed by atoms with Gasteiger partial charge in [0.2, 0.25) is 0 Å². The van der Waals surface area contributed by atoms with Crippen LogP contribution >= 0.6 is 11.6 Å². The lowest BCUT2D eigenvalue weighted by Crippen LogP contribution is -2.29. The lowest BCUT2D eigenvalue weighted by atomic mass is 9.99. The minimum absolute atomic E-state index is 0.0110. The molecular weight excluding hydrogens is 437 g/mol. The Labute approximate surface area is 182 Å². The van der Waals surface area contributed by atoms with Gasteiger partial charge < -0.3 is 20.5 Å². The van der Waals surface area contributed by atoms with Gasteiger partial charge in [0.15, 0.2) is 18.1 Å². The molecule has 0 saturated heterocycles. The van der Waals surface area contributed by atoms with E-state index in [1.807, 2.05) is 6.92 Å². The maximum atomic E-state index is 13.1. The minimum atomic E-state index is -4.49. The molecule has 2 aromatic carbocycles. The van der Waals surface area contributed by atoms with Crippen molar-refractivity contribution in [2.75, 3.05) is 13.7 Å². The highest BCUT2D eigenvalue weighted by Crippen LogP contribution is 2.37. The molecule has 0 heterocycles. The molecule has 6 nitrogen and oxygen atoms in total. The van der Waals surface area contributed by atoms with E-state index in [2.05, 4.69) is 5.32 Å². The van der Waals surface area contributed by atoms with Gasteiger partial charge in [0, 0.05) is 5.56 Å². The monoisotopic (exact) mass is 458 g/mol. The van der Waals surface area contributed by atoms with Crippen LogP contribution in [-0.2, 0) is 11.0 Å². The van der Waals surface area contributed by atoms with Gasteiger partial charge in [-0.1, -0.05) is 37.1 Å². The summed E-state index contributed by atoms with van der Waals surface area (Å²) < 4.78 is 49.6. The maximum absolute atomic E-state index is 13.1. The van der Waals surface area contributed by atoms with Crippen LogP contribution in [-0.4, -0.2) is 25.5 Å². The Kier molecular flexibility index (Phi) is 8.15. The molecule has 0 aliphatic heterocycles. The fourth-order valence-electron chi connectivity index (χ4n) is 2.92. The van der Waals surface area contributed by atoms with Gasteiger partial charge in [-0.05, 0) is 36.2 Å². The number of nitrogens with one attached hydrogen (secondary N) is 1. The topological polar surface area (TPSA) is 90.6 Å². The van der Waals surface area contributed by atoms with Crippen molar-refractivity contribution >= 4 is 23.4 Å². The Balaban J connectivity index is 2.30. The molecule has 0 fully saturated rings. The summed E-state index contributed by atoms with van der Waals surface area (Å²) in [6.07, 6.45) is -3.43. The second kappa shape index (κ2) is 10.4. The third-order valence-corrected chi connectivity index (χ3v) is 4.63. The van der Waals surface area contributed by atoms with Crippen LogP contribution in [0.3, 0.4) is 0 Å². The number of hydrogen-bond donors (Lipinski definition) is 2. The normalized spacial score (nSPS) is 12.2. The number of rotatable bonds is 9. The zero-order chi connectivity index (χ0) is 23.2. The van der Waals surface area contributed by atoms with Crippen molar-refractivity contribution in [2.45, 2.75) is 32.0 Å². The Hall–Kier alpha value is -2.94. The van der Waals surface area contributed by atoms with E-state index >= 15 is 0 Å². The molecule has 0 unspecified atom stereocenters. The van der Waals surface area contributed by atoms with Crippen molar-refractivity contribution in [2.24, 2.45) is 5.73 Å². The third-order valence-electron chi connectivity index (χ3n) is 4.35. The molecule has 2 rings (SSSR count). The van der Waals surface area contributed by atoms with Gasteiger partial charge >= 0.3 is 6.18 Å². The van der Waals surface area contributed by atoms with Gasteiger partial charge in [0.05, 0.1) is 23.7 Å². The fraction of sp³-hybridized carbons (Fsp3) is 0.333. The number of methoxy groups -OCH3 is 1. The predicted octanol–water partition coefficient (Wildman–Crippen LogP) is 4.50. The van der Waals surface area contributed by atoms with Crippen LogP contribution < -0.4 is 20.5 Å². The molecule has 31 heavy (non-hydrogen) atoms. The smallest absolute Gasteiger partial charge is 0.416 e. The van der Waals surface area contributed by atoms with Crippen LogP contribution in [0.5, 0.6) is 11.5 Å². The number of nitrogens with two attached hydrogens (primary N) is 1. The molecule has 0 aliphatic carbocycles. The maximum Gasteiger partial charge on any atom is 0.416 e. The number of alkyl halides is 3. The van der Waals surface area contributed by atoms with E-state index in [1.165, 1.54) is 31.4 Å². The Morgan fingerprint density at radius 3 is 2.52 bits per heavy atom. The first kappa shape index (κ1) is 24.3. The summed E-state index contributed by atoms with van der Waals surface area (Å²) in [7, 11) is 1.33. The molecule has 0 aliphatic rings. The predicted molar refractivity (Wildman–Crippen MR) is 109 cm³/mol. The van der Waals surface area contributed by atoms with E-state index < -0.39 is 36.2 Å². The fourth-order valence-corrected chi connectivity index (χ4v) is 3.18. The highest BCUT2D eigenvalue weighted by Gasteiger charge is 2.31. The van der Waals surface area contributed by atoms with Crippen molar-refractivity contribution in [1.82, 2.24) is 5.32 Å². The minimum Gasteiger partial charge on any atom is -0.493 e. The molecule has 168 valence electrons. The van der Waals surface area contributed by atoms with Gasteiger partial charge in [0.25, 0.3) is 11.8 Å². The number of carbonyl (C=O) groups is 2. The molecule has 2 amide bonds. The summed E-state index contributed by atoms with van der Waals surface area (Å²) in [5.41, 5.74) is 4.71.